The average Bonchev–Trinajstić information content (AvgIpc) is 3.68. The maximum atomic E-state index is 14.7. The summed E-state index contributed by atoms with van der Waals surface area (Å²) in [5.41, 5.74) is 4.70. The van der Waals surface area contributed by atoms with Gasteiger partial charge in [-0.2, -0.15) is 0 Å². The van der Waals surface area contributed by atoms with Crippen LogP contribution >= 0.6 is 15.9 Å². The molecule has 1 aliphatic carbocycles. The molecule has 3 aliphatic heterocycles. The van der Waals surface area contributed by atoms with Gasteiger partial charge in [0.25, 0.3) is 5.91 Å². The van der Waals surface area contributed by atoms with Gasteiger partial charge < -0.3 is 9.80 Å². The molecular formula is C28H25BrFN3O. The van der Waals surface area contributed by atoms with Crippen LogP contribution in [0.2, 0.25) is 0 Å². The first-order valence-electron chi connectivity index (χ1n) is 11.8. The van der Waals surface area contributed by atoms with Gasteiger partial charge in [-0.05, 0) is 73.1 Å². The third-order valence-electron chi connectivity index (χ3n) is 7.21. The molecule has 4 nitrogen and oxygen atoms in total. The molecule has 172 valence electrons. The summed E-state index contributed by atoms with van der Waals surface area (Å²) in [5, 5.41) is 0. The van der Waals surface area contributed by atoms with Crippen LogP contribution in [0.1, 0.15) is 48.4 Å². The first kappa shape index (κ1) is 21.5. The molecule has 2 aromatic rings. The molecule has 2 unspecified atom stereocenters. The van der Waals surface area contributed by atoms with Crippen LogP contribution < -0.4 is 0 Å². The van der Waals surface area contributed by atoms with E-state index in [1.54, 1.807) is 6.07 Å². The normalized spacial score (nSPS) is 23.6. The van der Waals surface area contributed by atoms with E-state index in [4.69, 9.17) is 4.99 Å². The highest BCUT2D eigenvalue weighted by molar-refractivity contribution is 9.10. The lowest BCUT2D eigenvalue weighted by Crippen LogP contribution is -2.43. The van der Waals surface area contributed by atoms with Crippen LogP contribution in [-0.4, -0.2) is 28.0 Å². The van der Waals surface area contributed by atoms with Gasteiger partial charge in [0.15, 0.2) is 0 Å². The molecule has 6 heteroatoms. The number of hydrogen-bond acceptors (Lipinski definition) is 3. The largest absolute Gasteiger partial charge is 0.330 e. The van der Waals surface area contributed by atoms with E-state index in [0.717, 1.165) is 25.0 Å². The molecule has 3 heterocycles. The fraction of sp³-hybridized carbons (Fsp3) is 0.286. The maximum Gasteiger partial charge on any atom is 0.273 e. The Morgan fingerprint density at radius 1 is 1.15 bits per heavy atom. The Bertz CT molecular complexity index is 1310. The Labute approximate surface area is 207 Å². The van der Waals surface area contributed by atoms with Crippen molar-refractivity contribution in [3.05, 3.63) is 105 Å². The van der Waals surface area contributed by atoms with Gasteiger partial charge in [-0.25, -0.2) is 9.38 Å². The van der Waals surface area contributed by atoms with Crippen LogP contribution in [0.5, 0.6) is 0 Å². The molecule has 6 rings (SSSR count). The van der Waals surface area contributed by atoms with Crippen LogP contribution in [0.15, 0.2) is 87.9 Å². The zero-order chi connectivity index (χ0) is 23.4. The molecule has 1 amide bonds. The molecular weight excluding hydrogens is 493 g/mol. The van der Waals surface area contributed by atoms with E-state index >= 15 is 0 Å². The summed E-state index contributed by atoms with van der Waals surface area (Å²) in [6, 6.07) is 13.5. The van der Waals surface area contributed by atoms with Gasteiger partial charge in [-0.1, -0.05) is 52.3 Å². The minimum absolute atomic E-state index is 0.000737. The molecule has 0 spiro atoms. The average molecular weight is 518 g/mol. The molecule has 0 radical (unpaired) electrons. The summed E-state index contributed by atoms with van der Waals surface area (Å²) < 4.78 is 15.4. The van der Waals surface area contributed by atoms with Gasteiger partial charge in [0.2, 0.25) is 0 Å². The number of allylic oxidation sites excluding steroid dienone is 3. The highest BCUT2D eigenvalue weighted by atomic mass is 79.9. The molecule has 34 heavy (non-hydrogen) atoms. The molecule has 1 fully saturated rings. The molecule has 1 saturated carbocycles. The van der Waals surface area contributed by atoms with Crippen molar-refractivity contribution in [1.82, 2.24) is 9.80 Å². The van der Waals surface area contributed by atoms with Crippen LogP contribution in [0.3, 0.4) is 0 Å². The smallest absolute Gasteiger partial charge is 0.273 e. The Balaban J connectivity index is 1.34. The van der Waals surface area contributed by atoms with Crippen LogP contribution in [-0.2, 0) is 11.2 Å². The zero-order valence-corrected chi connectivity index (χ0v) is 20.5. The molecule has 0 aromatic heterocycles. The number of benzene rings is 2. The van der Waals surface area contributed by atoms with Crippen molar-refractivity contribution in [2.75, 3.05) is 6.54 Å². The number of fused-ring (bicyclic) bond motifs is 2. The lowest BCUT2D eigenvalue weighted by molar-refractivity contribution is -0.126. The Kier molecular flexibility index (Phi) is 5.29. The van der Waals surface area contributed by atoms with Crippen molar-refractivity contribution in [2.45, 2.75) is 38.1 Å². The van der Waals surface area contributed by atoms with Gasteiger partial charge in [0.1, 0.15) is 17.3 Å². The first-order chi connectivity index (χ1) is 16.5. The highest BCUT2D eigenvalue weighted by Crippen LogP contribution is 2.43. The molecule has 0 saturated heterocycles. The number of amides is 1. The van der Waals surface area contributed by atoms with E-state index in [1.165, 1.54) is 17.2 Å². The highest BCUT2D eigenvalue weighted by Gasteiger charge is 2.37. The zero-order valence-electron chi connectivity index (χ0n) is 18.9. The number of halogens is 2. The molecule has 2 atom stereocenters. The number of hydrogen-bond donors (Lipinski definition) is 0. The number of carbonyl (C=O) groups excluding carboxylic acids is 1. The van der Waals surface area contributed by atoms with Crippen molar-refractivity contribution in [3.8, 4) is 0 Å². The second kappa shape index (κ2) is 8.35. The number of carbonyl (C=O) groups is 1. The van der Waals surface area contributed by atoms with Crippen molar-refractivity contribution in [1.29, 1.82) is 0 Å². The lowest BCUT2D eigenvalue weighted by atomic mass is 9.93. The monoisotopic (exact) mass is 517 g/mol. The Hall–Kier alpha value is -2.99. The van der Waals surface area contributed by atoms with Crippen molar-refractivity contribution >= 4 is 27.5 Å². The van der Waals surface area contributed by atoms with E-state index in [-0.39, 0.29) is 23.7 Å². The van der Waals surface area contributed by atoms with Crippen LogP contribution in [0.4, 0.5) is 4.39 Å². The summed E-state index contributed by atoms with van der Waals surface area (Å²) in [7, 11) is 0. The summed E-state index contributed by atoms with van der Waals surface area (Å²) in [4.78, 5) is 22.5. The summed E-state index contributed by atoms with van der Waals surface area (Å²) >= 11 is 3.33. The topological polar surface area (TPSA) is 35.9 Å². The predicted molar refractivity (Wildman–Crippen MR) is 134 cm³/mol. The van der Waals surface area contributed by atoms with E-state index in [1.807, 2.05) is 41.5 Å². The van der Waals surface area contributed by atoms with Gasteiger partial charge in [0.05, 0.1) is 6.04 Å². The molecule has 4 aliphatic rings. The fourth-order valence-electron chi connectivity index (χ4n) is 5.19. The van der Waals surface area contributed by atoms with Crippen molar-refractivity contribution < 1.29 is 9.18 Å². The second-order valence-corrected chi connectivity index (χ2v) is 10.3. The SMILES string of the molecule is CC1c2ccccc2CCN1C(=O)C1=NC2=CC(c3ccc(Br)cc3F)C=CN2C(C2CC2)=C1. The lowest BCUT2D eigenvalue weighted by Gasteiger charge is -2.37. The minimum Gasteiger partial charge on any atom is -0.330 e. The van der Waals surface area contributed by atoms with E-state index in [9.17, 15) is 9.18 Å². The van der Waals surface area contributed by atoms with Gasteiger partial charge in [-0.15, -0.1) is 0 Å². The predicted octanol–water partition coefficient (Wildman–Crippen LogP) is 6.24. The van der Waals surface area contributed by atoms with Crippen LogP contribution in [0.25, 0.3) is 0 Å². The first-order valence-corrected chi connectivity index (χ1v) is 12.6. The standard InChI is InChI=1S/C28H25BrFN3O/c1-17-22-5-3-2-4-18(22)10-12-32(17)28(34)25-16-26(19-6-7-19)33-13-11-20(14-27(33)31-25)23-9-8-21(29)15-24(23)30/h2-5,8-9,11,13-17,19-20H,6-7,10,12H2,1H3. The van der Waals surface area contributed by atoms with Crippen molar-refractivity contribution in [2.24, 2.45) is 10.9 Å². The Morgan fingerprint density at radius 2 is 1.97 bits per heavy atom. The number of rotatable bonds is 3. The third kappa shape index (κ3) is 3.74. The van der Waals surface area contributed by atoms with E-state index in [2.05, 4.69) is 46.0 Å². The quantitative estimate of drug-likeness (QED) is 0.483. The van der Waals surface area contributed by atoms with Crippen LogP contribution in [0, 0.1) is 11.7 Å². The van der Waals surface area contributed by atoms with Crippen molar-refractivity contribution in [3.63, 3.8) is 0 Å². The summed E-state index contributed by atoms with van der Waals surface area (Å²) in [5.74, 6) is 0.601. The van der Waals surface area contributed by atoms with Gasteiger partial charge in [0, 0.05) is 28.8 Å². The van der Waals surface area contributed by atoms with E-state index < -0.39 is 0 Å². The second-order valence-electron chi connectivity index (χ2n) is 9.39. The molecule has 0 bridgehead atoms. The minimum atomic E-state index is -0.260. The summed E-state index contributed by atoms with van der Waals surface area (Å²) in [6.07, 6.45) is 11.0. The molecule has 0 N–H and O–H groups in total. The number of aliphatic imine (C=N–C) groups is 1. The molecule has 2 aromatic carbocycles. The fourth-order valence-corrected chi connectivity index (χ4v) is 5.52. The third-order valence-corrected chi connectivity index (χ3v) is 7.70. The Morgan fingerprint density at radius 3 is 2.76 bits per heavy atom. The summed E-state index contributed by atoms with van der Waals surface area (Å²) in [6.45, 7) is 2.77. The van der Waals surface area contributed by atoms with Gasteiger partial charge >= 0.3 is 0 Å². The number of nitrogens with zero attached hydrogens (tertiary/aromatic N) is 3. The van der Waals surface area contributed by atoms with E-state index in [0.29, 0.717) is 34.0 Å². The van der Waals surface area contributed by atoms with Gasteiger partial charge in [-0.3, -0.25) is 4.79 Å². The maximum absolute atomic E-state index is 14.7.